The molecule has 0 spiro atoms. The minimum atomic E-state index is -0.476. The molecule has 2 rings (SSSR count). The molecule has 0 aliphatic carbocycles. The number of imidazole rings is 1. The molecule has 8 heteroatoms. The normalized spacial score (nSPS) is 12.2. The topological polar surface area (TPSA) is 96.1 Å². The number of H-pyrrole nitrogens is 1. The zero-order valence-corrected chi connectivity index (χ0v) is 15.0. The zero-order chi connectivity index (χ0) is 17.7. The van der Waals surface area contributed by atoms with Crippen LogP contribution in [-0.4, -0.2) is 40.8 Å². The van der Waals surface area contributed by atoms with Crippen molar-refractivity contribution in [1.82, 2.24) is 20.6 Å². The Bertz CT molecular complexity index is 729. The lowest BCUT2D eigenvalue weighted by molar-refractivity contribution is -0.119. The fraction of sp³-hybridized carbons (Fsp3) is 0.438. The number of rotatable bonds is 6. The van der Waals surface area contributed by atoms with Gasteiger partial charge in [0.2, 0.25) is 5.91 Å². The van der Waals surface area contributed by atoms with Gasteiger partial charge in [-0.05, 0) is 25.0 Å². The molecule has 1 atom stereocenters. The van der Waals surface area contributed by atoms with E-state index in [9.17, 15) is 9.59 Å². The van der Waals surface area contributed by atoms with E-state index in [2.05, 4.69) is 20.6 Å². The number of aromatic nitrogens is 2. The number of ether oxygens (including phenoxy) is 1. The standard InChI is InChI=1S/C16H22N4O3S/c1-9(2)8-17-15(22)20-14(21)10(3)24-16-18-12-6-5-11(23-4)7-13(12)19-16/h5-7,9-10H,8H2,1-4H3,(H,18,19)(H2,17,20,21,22). The Morgan fingerprint density at radius 2 is 2.08 bits per heavy atom. The number of nitrogens with zero attached hydrogens (tertiary/aromatic N) is 1. The van der Waals surface area contributed by atoms with Gasteiger partial charge in [0.1, 0.15) is 5.75 Å². The molecule has 3 N–H and O–H groups in total. The molecule has 0 fully saturated rings. The smallest absolute Gasteiger partial charge is 0.321 e. The molecule has 24 heavy (non-hydrogen) atoms. The molecule has 2 aromatic rings. The second-order valence-electron chi connectivity index (χ2n) is 5.78. The van der Waals surface area contributed by atoms with Crippen LogP contribution in [-0.2, 0) is 4.79 Å². The molecule has 1 aromatic heterocycles. The number of thioether (sulfide) groups is 1. The van der Waals surface area contributed by atoms with Crippen LogP contribution in [0.2, 0.25) is 0 Å². The zero-order valence-electron chi connectivity index (χ0n) is 14.2. The Balaban J connectivity index is 1.94. The number of carbonyl (C=O) groups excluding carboxylic acids is 2. The summed E-state index contributed by atoms with van der Waals surface area (Å²) in [6, 6.07) is 5.04. The van der Waals surface area contributed by atoms with Crippen LogP contribution < -0.4 is 15.4 Å². The van der Waals surface area contributed by atoms with E-state index in [1.54, 1.807) is 14.0 Å². The summed E-state index contributed by atoms with van der Waals surface area (Å²) in [6.45, 7) is 6.21. The predicted molar refractivity (Wildman–Crippen MR) is 94.3 cm³/mol. The molecule has 1 aromatic carbocycles. The van der Waals surface area contributed by atoms with Crippen molar-refractivity contribution in [2.75, 3.05) is 13.7 Å². The average molecular weight is 350 g/mol. The summed E-state index contributed by atoms with van der Waals surface area (Å²) in [4.78, 5) is 31.3. The van der Waals surface area contributed by atoms with Gasteiger partial charge in [-0.3, -0.25) is 10.1 Å². The highest BCUT2D eigenvalue weighted by Crippen LogP contribution is 2.25. The first-order chi connectivity index (χ1) is 11.4. The van der Waals surface area contributed by atoms with Crippen molar-refractivity contribution in [2.24, 2.45) is 5.92 Å². The number of fused-ring (bicyclic) bond motifs is 1. The van der Waals surface area contributed by atoms with Gasteiger partial charge in [0.25, 0.3) is 0 Å². The van der Waals surface area contributed by atoms with E-state index in [-0.39, 0.29) is 5.91 Å². The summed E-state index contributed by atoms with van der Waals surface area (Å²) >= 11 is 1.26. The Morgan fingerprint density at radius 3 is 2.75 bits per heavy atom. The van der Waals surface area contributed by atoms with Crippen LogP contribution in [0.5, 0.6) is 5.75 Å². The fourth-order valence-corrected chi connectivity index (χ4v) is 2.74. The number of urea groups is 1. The Kier molecular flexibility index (Phi) is 6.08. The Morgan fingerprint density at radius 1 is 1.33 bits per heavy atom. The van der Waals surface area contributed by atoms with Gasteiger partial charge in [0.15, 0.2) is 5.16 Å². The quantitative estimate of drug-likeness (QED) is 0.696. The van der Waals surface area contributed by atoms with Gasteiger partial charge in [0, 0.05) is 12.6 Å². The van der Waals surface area contributed by atoms with E-state index in [0.29, 0.717) is 17.6 Å². The minimum absolute atomic E-state index is 0.324. The van der Waals surface area contributed by atoms with Crippen LogP contribution in [0.3, 0.4) is 0 Å². The summed E-state index contributed by atoms with van der Waals surface area (Å²) in [5.74, 6) is 0.694. The van der Waals surface area contributed by atoms with Crippen molar-refractivity contribution in [3.8, 4) is 5.75 Å². The first-order valence-corrected chi connectivity index (χ1v) is 8.56. The van der Waals surface area contributed by atoms with Gasteiger partial charge in [-0.25, -0.2) is 9.78 Å². The van der Waals surface area contributed by atoms with Crippen molar-refractivity contribution < 1.29 is 14.3 Å². The lowest BCUT2D eigenvalue weighted by Gasteiger charge is -2.11. The third kappa shape index (κ3) is 4.89. The van der Waals surface area contributed by atoms with Crippen molar-refractivity contribution in [1.29, 1.82) is 0 Å². The number of aromatic amines is 1. The summed E-state index contributed by atoms with van der Waals surface area (Å²) in [5.41, 5.74) is 1.62. The van der Waals surface area contributed by atoms with Crippen LogP contribution in [0.1, 0.15) is 20.8 Å². The first kappa shape index (κ1) is 18.1. The molecule has 1 unspecified atom stereocenters. The molecular weight excluding hydrogens is 328 g/mol. The van der Waals surface area contributed by atoms with Gasteiger partial charge < -0.3 is 15.0 Å². The largest absolute Gasteiger partial charge is 0.497 e. The van der Waals surface area contributed by atoms with E-state index in [1.165, 1.54) is 11.8 Å². The third-order valence-corrected chi connectivity index (χ3v) is 4.22. The maximum absolute atomic E-state index is 12.1. The monoisotopic (exact) mass is 350 g/mol. The highest BCUT2D eigenvalue weighted by Gasteiger charge is 2.19. The molecule has 0 aliphatic heterocycles. The number of nitrogens with one attached hydrogen (secondary N) is 3. The van der Waals surface area contributed by atoms with Gasteiger partial charge >= 0.3 is 6.03 Å². The van der Waals surface area contributed by atoms with Gasteiger partial charge in [-0.1, -0.05) is 25.6 Å². The van der Waals surface area contributed by atoms with Gasteiger partial charge in [-0.15, -0.1) is 0 Å². The van der Waals surface area contributed by atoms with Crippen LogP contribution in [0.15, 0.2) is 23.4 Å². The van der Waals surface area contributed by atoms with Crippen molar-refractivity contribution >= 4 is 34.7 Å². The molecule has 0 aliphatic rings. The molecule has 7 nitrogen and oxygen atoms in total. The predicted octanol–water partition coefficient (Wildman–Crippen LogP) is 2.53. The SMILES string of the molecule is COc1ccc2nc(SC(C)C(=O)NC(=O)NCC(C)C)[nH]c2c1. The van der Waals surface area contributed by atoms with Crippen molar-refractivity contribution in [3.63, 3.8) is 0 Å². The van der Waals surface area contributed by atoms with E-state index < -0.39 is 11.3 Å². The number of imide groups is 1. The maximum Gasteiger partial charge on any atom is 0.321 e. The number of hydrogen-bond donors (Lipinski definition) is 3. The summed E-state index contributed by atoms with van der Waals surface area (Å²) in [7, 11) is 1.60. The number of carbonyl (C=O) groups is 2. The lowest BCUT2D eigenvalue weighted by atomic mass is 10.2. The molecule has 0 radical (unpaired) electrons. The molecule has 0 saturated heterocycles. The second-order valence-corrected chi connectivity index (χ2v) is 7.11. The highest BCUT2D eigenvalue weighted by molar-refractivity contribution is 8.00. The van der Waals surface area contributed by atoms with Gasteiger partial charge in [0.05, 0.1) is 23.4 Å². The number of hydrogen-bond acceptors (Lipinski definition) is 5. The second kappa shape index (κ2) is 8.05. The van der Waals surface area contributed by atoms with Crippen LogP contribution in [0.25, 0.3) is 11.0 Å². The molecule has 0 saturated carbocycles. The number of amides is 3. The third-order valence-electron chi connectivity index (χ3n) is 3.23. The Labute approximate surface area is 144 Å². The van der Waals surface area contributed by atoms with Crippen molar-refractivity contribution in [3.05, 3.63) is 18.2 Å². The number of methoxy groups -OCH3 is 1. The van der Waals surface area contributed by atoms with E-state index in [4.69, 9.17) is 4.74 Å². The average Bonchev–Trinajstić information content (AvgIpc) is 2.93. The van der Waals surface area contributed by atoms with Crippen LogP contribution in [0.4, 0.5) is 4.79 Å². The summed E-state index contributed by atoms with van der Waals surface area (Å²) in [6.07, 6.45) is 0. The van der Waals surface area contributed by atoms with E-state index >= 15 is 0 Å². The Hall–Kier alpha value is -2.22. The molecule has 0 bridgehead atoms. The fourth-order valence-electron chi connectivity index (χ4n) is 1.92. The van der Waals surface area contributed by atoms with Crippen LogP contribution in [0, 0.1) is 5.92 Å². The van der Waals surface area contributed by atoms with Crippen LogP contribution >= 0.6 is 11.8 Å². The summed E-state index contributed by atoms with van der Waals surface area (Å²) < 4.78 is 5.17. The summed E-state index contributed by atoms with van der Waals surface area (Å²) in [5, 5.41) is 5.14. The number of benzene rings is 1. The van der Waals surface area contributed by atoms with Crippen molar-refractivity contribution in [2.45, 2.75) is 31.2 Å². The maximum atomic E-state index is 12.1. The molecule has 130 valence electrons. The van der Waals surface area contributed by atoms with E-state index in [1.807, 2.05) is 32.0 Å². The lowest BCUT2D eigenvalue weighted by Crippen LogP contribution is -2.43. The first-order valence-electron chi connectivity index (χ1n) is 7.68. The highest BCUT2D eigenvalue weighted by atomic mass is 32.2. The molecule has 1 heterocycles. The molecule has 3 amide bonds. The minimum Gasteiger partial charge on any atom is -0.497 e. The van der Waals surface area contributed by atoms with E-state index in [0.717, 1.165) is 16.8 Å². The van der Waals surface area contributed by atoms with Gasteiger partial charge in [-0.2, -0.15) is 0 Å². The molecular formula is C16H22N4O3S.